The molecule has 6 heteroatoms. The molecule has 0 aliphatic carbocycles. The molecule has 0 heterocycles. The van der Waals surface area contributed by atoms with Crippen molar-refractivity contribution in [3.63, 3.8) is 0 Å². The van der Waals surface area contributed by atoms with Gasteiger partial charge < -0.3 is 9.47 Å². The zero-order chi connectivity index (χ0) is 17.0. The van der Waals surface area contributed by atoms with Gasteiger partial charge in [-0.25, -0.2) is 9.59 Å². The SMILES string of the molecule is COC(=O)c1cc(C(=O)c2ccccc2)c(C(=O)OC)cc1Br. The lowest BCUT2D eigenvalue weighted by Gasteiger charge is -2.11. The van der Waals surface area contributed by atoms with Gasteiger partial charge in [0.05, 0.1) is 25.3 Å². The van der Waals surface area contributed by atoms with Crippen LogP contribution in [0.3, 0.4) is 0 Å². The Morgan fingerprint density at radius 1 is 0.826 bits per heavy atom. The summed E-state index contributed by atoms with van der Waals surface area (Å²) in [5.41, 5.74) is 0.697. The lowest BCUT2D eigenvalue weighted by atomic mass is 9.96. The molecule has 0 amide bonds. The minimum Gasteiger partial charge on any atom is -0.465 e. The predicted octanol–water partition coefficient (Wildman–Crippen LogP) is 3.25. The Hall–Kier alpha value is -2.47. The van der Waals surface area contributed by atoms with Crippen LogP contribution in [0.4, 0.5) is 0 Å². The first-order valence-corrected chi connectivity index (χ1v) is 7.38. The van der Waals surface area contributed by atoms with Crippen LogP contribution in [0.5, 0.6) is 0 Å². The van der Waals surface area contributed by atoms with Crippen molar-refractivity contribution in [2.45, 2.75) is 0 Å². The zero-order valence-corrected chi connectivity index (χ0v) is 14.0. The predicted molar refractivity (Wildman–Crippen MR) is 86.7 cm³/mol. The number of methoxy groups -OCH3 is 2. The van der Waals surface area contributed by atoms with Crippen molar-refractivity contribution >= 4 is 33.7 Å². The average Bonchev–Trinajstić information content (AvgIpc) is 2.60. The molecule has 0 saturated heterocycles. The number of halogens is 1. The molecule has 5 nitrogen and oxygen atoms in total. The largest absolute Gasteiger partial charge is 0.465 e. The topological polar surface area (TPSA) is 69.7 Å². The van der Waals surface area contributed by atoms with E-state index in [0.717, 1.165) is 0 Å². The molecule has 0 spiro atoms. The van der Waals surface area contributed by atoms with Crippen LogP contribution in [0.15, 0.2) is 46.9 Å². The summed E-state index contributed by atoms with van der Waals surface area (Å²) in [6.45, 7) is 0. The van der Waals surface area contributed by atoms with Crippen LogP contribution in [0.2, 0.25) is 0 Å². The Kier molecular flexibility index (Phi) is 5.28. The minimum atomic E-state index is -0.665. The zero-order valence-electron chi connectivity index (χ0n) is 12.5. The van der Waals surface area contributed by atoms with Crippen molar-refractivity contribution in [2.75, 3.05) is 14.2 Å². The van der Waals surface area contributed by atoms with Crippen LogP contribution in [0.1, 0.15) is 36.6 Å². The molecule has 0 N–H and O–H groups in total. The summed E-state index contributed by atoms with van der Waals surface area (Å²) in [5.74, 6) is -1.67. The Labute approximate surface area is 141 Å². The number of ether oxygens (including phenoxy) is 2. The highest BCUT2D eigenvalue weighted by atomic mass is 79.9. The van der Waals surface area contributed by atoms with Gasteiger partial charge in [0.2, 0.25) is 0 Å². The molecule has 23 heavy (non-hydrogen) atoms. The van der Waals surface area contributed by atoms with Crippen LogP contribution in [0.25, 0.3) is 0 Å². The van der Waals surface area contributed by atoms with E-state index in [2.05, 4.69) is 20.7 Å². The summed E-state index contributed by atoms with van der Waals surface area (Å²) in [6.07, 6.45) is 0. The van der Waals surface area contributed by atoms with E-state index in [1.54, 1.807) is 30.3 Å². The monoisotopic (exact) mass is 376 g/mol. The van der Waals surface area contributed by atoms with E-state index in [4.69, 9.17) is 4.74 Å². The molecular weight excluding hydrogens is 364 g/mol. The molecule has 0 fully saturated rings. The molecule has 2 aromatic rings. The van der Waals surface area contributed by atoms with Gasteiger partial charge in [0.15, 0.2) is 5.78 Å². The van der Waals surface area contributed by atoms with Crippen molar-refractivity contribution in [2.24, 2.45) is 0 Å². The first kappa shape index (κ1) is 16.9. The fraction of sp³-hybridized carbons (Fsp3) is 0.118. The summed E-state index contributed by atoms with van der Waals surface area (Å²) < 4.78 is 9.75. The number of rotatable bonds is 4. The second-order valence-electron chi connectivity index (χ2n) is 4.56. The Morgan fingerprint density at radius 3 is 1.96 bits per heavy atom. The standard InChI is InChI=1S/C17H13BrO5/c1-22-16(20)12-9-14(18)13(17(21)23-2)8-11(12)15(19)10-6-4-3-5-7-10/h3-9H,1-2H3. The first-order chi connectivity index (χ1) is 11.0. The van der Waals surface area contributed by atoms with Gasteiger partial charge in [-0.3, -0.25) is 4.79 Å². The maximum atomic E-state index is 12.7. The number of ketones is 1. The third-order valence-electron chi connectivity index (χ3n) is 3.20. The van der Waals surface area contributed by atoms with E-state index in [1.807, 2.05) is 0 Å². The number of hydrogen-bond acceptors (Lipinski definition) is 5. The van der Waals surface area contributed by atoms with Crippen LogP contribution < -0.4 is 0 Å². The number of esters is 2. The van der Waals surface area contributed by atoms with Crippen molar-refractivity contribution in [3.05, 3.63) is 69.2 Å². The van der Waals surface area contributed by atoms with Gasteiger partial charge in [0, 0.05) is 15.6 Å². The molecule has 0 unspecified atom stereocenters. The molecule has 0 aliphatic rings. The third-order valence-corrected chi connectivity index (χ3v) is 3.85. The Morgan fingerprint density at radius 2 is 1.39 bits per heavy atom. The summed E-state index contributed by atoms with van der Waals surface area (Å²) in [5, 5.41) is 0. The van der Waals surface area contributed by atoms with Crippen molar-refractivity contribution in [3.8, 4) is 0 Å². The number of carbonyl (C=O) groups is 3. The van der Waals surface area contributed by atoms with Crippen LogP contribution in [0, 0.1) is 0 Å². The van der Waals surface area contributed by atoms with Gasteiger partial charge in [-0.2, -0.15) is 0 Å². The smallest absolute Gasteiger partial charge is 0.339 e. The summed E-state index contributed by atoms with van der Waals surface area (Å²) in [7, 11) is 2.46. The molecule has 0 bridgehead atoms. The minimum absolute atomic E-state index is 0.0703. The molecule has 0 radical (unpaired) electrons. The normalized spacial score (nSPS) is 10.0. The maximum absolute atomic E-state index is 12.7. The molecule has 0 aromatic heterocycles. The van der Waals surface area contributed by atoms with Gasteiger partial charge >= 0.3 is 11.9 Å². The number of benzene rings is 2. The number of carbonyl (C=O) groups excluding carboxylic acids is 3. The average molecular weight is 377 g/mol. The van der Waals surface area contributed by atoms with Crippen LogP contribution in [-0.2, 0) is 9.47 Å². The quantitative estimate of drug-likeness (QED) is 0.604. The highest BCUT2D eigenvalue weighted by molar-refractivity contribution is 9.10. The Balaban J connectivity index is 2.65. The van der Waals surface area contributed by atoms with Gasteiger partial charge in [-0.15, -0.1) is 0 Å². The van der Waals surface area contributed by atoms with E-state index in [-0.39, 0.29) is 22.5 Å². The lowest BCUT2D eigenvalue weighted by Crippen LogP contribution is -2.14. The lowest BCUT2D eigenvalue weighted by molar-refractivity contribution is 0.0584. The molecule has 118 valence electrons. The van der Waals surface area contributed by atoms with E-state index in [0.29, 0.717) is 10.0 Å². The van der Waals surface area contributed by atoms with Gasteiger partial charge in [-0.1, -0.05) is 30.3 Å². The maximum Gasteiger partial charge on any atom is 0.339 e. The van der Waals surface area contributed by atoms with Crippen molar-refractivity contribution in [1.82, 2.24) is 0 Å². The fourth-order valence-electron chi connectivity index (χ4n) is 2.05. The van der Waals surface area contributed by atoms with E-state index < -0.39 is 11.9 Å². The molecular formula is C17H13BrO5. The van der Waals surface area contributed by atoms with Gasteiger partial charge in [0.25, 0.3) is 0 Å². The van der Waals surface area contributed by atoms with Crippen LogP contribution in [-0.4, -0.2) is 31.9 Å². The highest BCUT2D eigenvalue weighted by Gasteiger charge is 2.23. The molecule has 2 aromatic carbocycles. The molecule has 2 rings (SSSR count). The van der Waals surface area contributed by atoms with Crippen LogP contribution >= 0.6 is 15.9 Å². The molecule has 0 saturated carbocycles. The fourth-order valence-corrected chi connectivity index (χ4v) is 2.56. The highest BCUT2D eigenvalue weighted by Crippen LogP contribution is 2.25. The summed E-state index contributed by atoms with van der Waals surface area (Å²) in [6, 6.07) is 11.2. The Bertz CT molecular complexity index is 768. The summed E-state index contributed by atoms with van der Waals surface area (Å²) in [4.78, 5) is 36.5. The second-order valence-corrected chi connectivity index (χ2v) is 5.41. The van der Waals surface area contributed by atoms with Crippen molar-refractivity contribution in [1.29, 1.82) is 0 Å². The van der Waals surface area contributed by atoms with Crippen molar-refractivity contribution < 1.29 is 23.9 Å². The van der Waals surface area contributed by atoms with Gasteiger partial charge in [0.1, 0.15) is 0 Å². The van der Waals surface area contributed by atoms with E-state index >= 15 is 0 Å². The summed E-state index contributed by atoms with van der Waals surface area (Å²) >= 11 is 3.21. The molecule has 0 aliphatic heterocycles. The molecule has 0 atom stereocenters. The van der Waals surface area contributed by atoms with Gasteiger partial charge in [-0.05, 0) is 28.1 Å². The van der Waals surface area contributed by atoms with E-state index in [1.165, 1.54) is 26.4 Å². The second kappa shape index (κ2) is 7.19. The third kappa shape index (κ3) is 3.48. The number of hydrogen-bond donors (Lipinski definition) is 0. The van der Waals surface area contributed by atoms with E-state index in [9.17, 15) is 14.4 Å². The first-order valence-electron chi connectivity index (χ1n) is 6.59.